The van der Waals surface area contributed by atoms with Gasteiger partial charge in [-0.25, -0.2) is 14.4 Å². The van der Waals surface area contributed by atoms with Crippen molar-refractivity contribution in [2.45, 2.75) is 46.1 Å². The highest BCUT2D eigenvalue weighted by Crippen LogP contribution is 2.23. The molecule has 0 aliphatic carbocycles. The van der Waals surface area contributed by atoms with Crippen molar-refractivity contribution in [1.82, 2.24) is 15.6 Å². The summed E-state index contributed by atoms with van der Waals surface area (Å²) in [6.07, 6.45) is 0.852. The van der Waals surface area contributed by atoms with Crippen molar-refractivity contribution < 1.29 is 4.39 Å². The number of aliphatic imine (C=N–C) groups is 1. The molecule has 0 atom stereocenters. The number of hydrogen-bond acceptors (Lipinski definition) is 3. The predicted octanol–water partition coefficient (Wildman–Crippen LogP) is 3.88. The van der Waals surface area contributed by atoms with Gasteiger partial charge in [0, 0.05) is 30.3 Å². The number of halogens is 1. The minimum Gasteiger partial charge on any atom is -0.357 e. The van der Waals surface area contributed by atoms with Crippen LogP contribution in [0.15, 0.2) is 34.6 Å². The first kappa shape index (κ1) is 19.4. The first-order valence-electron chi connectivity index (χ1n) is 8.60. The third kappa shape index (κ3) is 6.46. The van der Waals surface area contributed by atoms with E-state index in [-0.39, 0.29) is 11.2 Å². The maximum Gasteiger partial charge on any atom is 0.191 e. The second kappa shape index (κ2) is 8.94. The number of thiazole rings is 1. The smallest absolute Gasteiger partial charge is 0.191 e. The zero-order valence-corrected chi connectivity index (χ0v) is 16.2. The number of hydrogen-bond donors (Lipinski definition) is 2. The van der Waals surface area contributed by atoms with Gasteiger partial charge in [-0.05, 0) is 24.6 Å². The van der Waals surface area contributed by atoms with Gasteiger partial charge >= 0.3 is 0 Å². The summed E-state index contributed by atoms with van der Waals surface area (Å²) in [7, 11) is 0. The largest absolute Gasteiger partial charge is 0.357 e. The molecule has 136 valence electrons. The van der Waals surface area contributed by atoms with Crippen molar-refractivity contribution in [3.05, 3.63) is 51.7 Å². The Bertz CT molecular complexity index is 703. The van der Waals surface area contributed by atoms with Crippen LogP contribution in [0.1, 0.15) is 44.0 Å². The molecule has 2 rings (SSSR count). The first-order valence-corrected chi connectivity index (χ1v) is 9.48. The van der Waals surface area contributed by atoms with Crippen LogP contribution in [-0.4, -0.2) is 24.0 Å². The van der Waals surface area contributed by atoms with E-state index in [1.54, 1.807) is 17.4 Å². The third-order valence-corrected chi connectivity index (χ3v) is 4.51. The SMILES string of the molecule is CCNC(=NCc1cccc(F)c1)NCCc1nc(C(C)(C)C)cs1. The number of aromatic nitrogens is 1. The van der Waals surface area contributed by atoms with Gasteiger partial charge in [-0.3, -0.25) is 0 Å². The Kier molecular flexibility index (Phi) is 6.93. The zero-order valence-electron chi connectivity index (χ0n) is 15.4. The van der Waals surface area contributed by atoms with Crippen molar-refractivity contribution in [3.63, 3.8) is 0 Å². The van der Waals surface area contributed by atoms with Crippen LogP contribution in [-0.2, 0) is 18.4 Å². The highest BCUT2D eigenvalue weighted by Gasteiger charge is 2.17. The summed E-state index contributed by atoms with van der Waals surface area (Å²) < 4.78 is 13.2. The van der Waals surface area contributed by atoms with E-state index in [0.717, 1.165) is 41.7 Å². The maximum atomic E-state index is 13.2. The minimum absolute atomic E-state index is 0.0868. The summed E-state index contributed by atoms with van der Waals surface area (Å²) in [5, 5.41) is 9.79. The fourth-order valence-corrected chi connectivity index (χ4v) is 3.23. The Labute approximate surface area is 153 Å². The molecule has 0 unspecified atom stereocenters. The highest BCUT2D eigenvalue weighted by atomic mass is 32.1. The van der Waals surface area contributed by atoms with E-state index < -0.39 is 0 Å². The van der Waals surface area contributed by atoms with Crippen LogP contribution < -0.4 is 10.6 Å². The normalized spacial score (nSPS) is 12.3. The number of guanidine groups is 1. The molecule has 0 aliphatic rings. The fourth-order valence-electron chi connectivity index (χ4n) is 2.21. The zero-order chi connectivity index (χ0) is 18.3. The molecule has 0 bridgehead atoms. The monoisotopic (exact) mass is 362 g/mol. The van der Waals surface area contributed by atoms with Crippen LogP contribution in [0.3, 0.4) is 0 Å². The quantitative estimate of drug-likeness (QED) is 0.606. The second-order valence-corrected chi connectivity index (χ2v) is 7.82. The van der Waals surface area contributed by atoms with Gasteiger partial charge in [-0.2, -0.15) is 0 Å². The lowest BCUT2D eigenvalue weighted by molar-refractivity contribution is 0.570. The summed E-state index contributed by atoms with van der Waals surface area (Å²) in [4.78, 5) is 9.22. The lowest BCUT2D eigenvalue weighted by Gasteiger charge is -2.14. The molecule has 1 aromatic heterocycles. The van der Waals surface area contributed by atoms with Crippen molar-refractivity contribution in [2.75, 3.05) is 13.1 Å². The Hall–Kier alpha value is -1.95. The summed E-state index contributed by atoms with van der Waals surface area (Å²) in [6, 6.07) is 6.53. The second-order valence-electron chi connectivity index (χ2n) is 6.88. The van der Waals surface area contributed by atoms with Crippen LogP contribution in [0.25, 0.3) is 0 Å². The van der Waals surface area contributed by atoms with Gasteiger partial charge in [0.05, 0.1) is 17.2 Å². The number of nitrogens with one attached hydrogen (secondary N) is 2. The van der Waals surface area contributed by atoms with Gasteiger partial charge < -0.3 is 10.6 Å². The molecule has 4 nitrogen and oxygen atoms in total. The summed E-state index contributed by atoms with van der Waals surface area (Å²) >= 11 is 1.70. The molecule has 0 fully saturated rings. The number of rotatable bonds is 6. The predicted molar refractivity (Wildman–Crippen MR) is 104 cm³/mol. The van der Waals surface area contributed by atoms with Gasteiger partial charge in [0.25, 0.3) is 0 Å². The Morgan fingerprint density at radius 3 is 2.72 bits per heavy atom. The average Bonchev–Trinajstić information content (AvgIpc) is 3.02. The van der Waals surface area contributed by atoms with Crippen molar-refractivity contribution in [3.8, 4) is 0 Å². The molecular weight excluding hydrogens is 335 g/mol. The van der Waals surface area contributed by atoms with E-state index >= 15 is 0 Å². The van der Waals surface area contributed by atoms with E-state index in [1.165, 1.54) is 12.1 Å². The van der Waals surface area contributed by atoms with Gasteiger partial charge in [-0.15, -0.1) is 11.3 Å². The van der Waals surface area contributed by atoms with Gasteiger partial charge in [0.2, 0.25) is 0 Å². The third-order valence-electron chi connectivity index (χ3n) is 3.60. The van der Waals surface area contributed by atoms with Crippen LogP contribution in [0.2, 0.25) is 0 Å². The van der Waals surface area contributed by atoms with Crippen molar-refractivity contribution in [1.29, 1.82) is 0 Å². The molecule has 0 amide bonds. The highest BCUT2D eigenvalue weighted by molar-refractivity contribution is 7.09. The Balaban J connectivity index is 1.88. The van der Waals surface area contributed by atoms with Crippen LogP contribution in [0, 0.1) is 5.82 Å². The van der Waals surface area contributed by atoms with E-state index in [2.05, 4.69) is 41.8 Å². The van der Waals surface area contributed by atoms with Crippen molar-refractivity contribution >= 4 is 17.3 Å². The van der Waals surface area contributed by atoms with Gasteiger partial charge in [0.15, 0.2) is 5.96 Å². The minimum atomic E-state index is -0.232. The molecule has 25 heavy (non-hydrogen) atoms. The van der Waals surface area contributed by atoms with E-state index in [0.29, 0.717) is 6.54 Å². The first-order chi connectivity index (χ1) is 11.9. The van der Waals surface area contributed by atoms with Crippen LogP contribution in [0.4, 0.5) is 4.39 Å². The molecule has 6 heteroatoms. The molecule has 1 aromatic carbocycles. The summed E-state index contributed by atoms with van der Waals surface area (Å²) in [5.41, 5.74) is 2.08. The fraction of sp³-hybridized carbons (Fsp3) is 0.474. The molecule has 2 N–H and O–H groups in total. The lowest BCUT2D eigenvalue weighted by atomic mass is 9.93. The summed E-state index contributed by atoms with van der Waals surface area (Å²) in [5.74, 6) is 0.503. The molecule has 2 aromatic rings. The van der Waals surface area contributed by atoms with E-state index in [9.17, 15) is 4.39 Å². The molecular formula is C19H27FN4S. The Morgan fingerprint density at radius 2 is 2.08 bits per heavy atom. The van der Waals surface area contributed by atoms with E-state index in [4.69, 9.17) is 4.98 Å². The average molecular weight is 363 g/mol. The maximum absolute atomic E-state index is 13.2. The van der Waals surface area contributed by atoms with Crippen LogP contribution >= 0.6 is 11.3 Å². The van der Waals surface area contributed by atoms with Gasteiger partial charge in [0.1, 0.15) is 5.82 Å². The molecule has 0 spiro atoms. The van der Waals surface area contributed by atoms with Gasteiger partial charge in [-0.1, -0.05) is 32.9 Å². The topological polar surface area (TPSA) is 49.3 Å². The van der Waals surface area contributed by atoms with Crippen molar-refractivity contribution in [2.24, 2.45) is 4.99 Å². The number of nitrogens with zero attached hydrogens (tertiary/aromatic N) is 2. The molecule has 0 aliphatic heterocycles. The standard InChI is InChI=1S/C19H27FN4S/c1-5-21-18(23-12-14-7-6-8-15(20)11-14)22-10-9-17-24-16(13-25-17)19(2,3)4/h6-8,11,13H,5,9-10,12H2,1-4H3,(H2,21,22,23). The molecule has 0 saturated heterocycles. The molecule has 0 saturated carbocycles. The molecule has 0 radical (unpaired) electrons. The molecule has 1 heterocycles. The number of benzene rings is 1. The van der Waals surface area contributed by atoms with Crippen LogP contribution in [0.5, 0.6) is 0 Å². The van der Waals surface area contributed by atoms with E-state index in [1.807, 2.05) is 13.0 Å². The summed E-state index contributed by atoms with van der Waals surface area (Å²) in [6.45, 7) is 10.5. The Morgan fingerprint density at radius 1 is 1.28 bits per heavy atom. The lowest BCUT2D eigenvalue weighted by Crippen LogP contribution is -2.38.